The quantitative estimate of drug-likeness (QED) is 0.759. The van der Waals surface area contributed by atoms with Crippen molar-refractivity contribution in [2.24, 2.45) is 0 Å². The molecule has 8 heteroatoms. The number of hydrogen-bond acceptors (Lipinski definition) is 5. The van der Waals surface area contributed by atoms with Gasteiger partial charge < -0.3 is 9.73 Å². The van der Waals surface area contributed by atoms with Crippen LogP contribution in [0.3, 0.4) is 0 Å². The molecule has 0 aliphatic heterocycles. The van der Waals surface area contributed by atoms with E-state index in [1.165, 1.54) is 10.9 Å². The first kappa shape index (κ1) is 16.7. The summed E-state index contributed by atoms with van der Waals surface area (Å²) < 4.78 is 32.8. The smallest absolute Gasteiger partial charge is 0.245 e. The van der Waals surface area contributed by atoms with Crippen LogP contribution in [-0.2, 0) is 29.5 Å². The number of sulfonamides is 1. The summed E-state index contributed by atoms with van der Waals surface area (Å²) in [6.45, 7) is 2.83. The van der Waals surface area contributed by atoms with Gasteiger partial charge in [-0.05, 0) is 41.5 Å². The van der Waals surface area contributed by atoms with E-state index in [2.05, 4.69) is 32.9 Å². The molecular weight excluding hydrogens is 376 g/mol. The van der Waals surface area contributed by atoms with Gasteiger partial charge in [0, 0.05) is 22.4 Å². The summed E-state index contributed by atoms with van der Waals surface area (Å²) in [6.07, 6.45) is 0.956. The molecule has 5 nitrogen and oxygen atoms in total. The number of thiophene rings is 1. The number of aryl methyl sites for hydroxylation is 1. The van der Waals surface area contributed by atoms with Gasteiger partial charge in [0.25, 0.3) is 0 Å². The zero-order valence-corrected chi connectivity index (χ0v) is 15.0. The normalized spacial score (nSPS) is 12.0. The van der Waals surface area contributed by atoms with Gasteiger partial charge in [0.15, 0.2) is 4.67 Å². The van der Waals surface area contributed by atoms with Crippen LogP contribution < -0.4 is 10.0 Å². The molecule has 0 amide bonds. The Balaban J connectivity index is 2.10. The summed E-state index contributed by atoms with van der Waals surface area (Å²) in [6, 6.07) is 5.49. The molecule has 2 heterocycles. The van der Waals surface area contributed by atoms with Gasteiger partial charge in [-0.15, -0.1) is 11.3 Å². The molecule has 0 fully saturated rings. The maximum Gasteiger partial charge on any atom is 0.245 e. The van der Waals surface area contributed by atoms with Crippen molar-refractivity contribution in [3.63, 3.8) is 0 Å². The standard InChI is InChI=1S/C13H17BrN2O3S2/c1-3-10-4-5-11(20-10)8-16-21(17,18)12-6-9(7-15-2)19-13(12)14/h4-6,15-16H,3,7-8H2,1-2H3. The van der Waals surface area contributed by atoms with E-state index in [-0.39, 0.29) is 16.1 Å². The van der Waals surface area contributed by atoms with Gasteiger partial charge in [-0.25, -0.2) is 13.1 Å². The highest BCUT2D eigenvalue weighted by molar-refractivity contribution is 9.10. The Morgan fingerprint density at radius 3 is 2.62 bits per heavy atom. The average Bonchev–Trinajstić information content (AvgIpc) is 3.04. The number of hydrogen-bond donors (Lipinski definition) is 2. The van der Waals surface area contributed by atoms with E-state index >= 15 is 0 Å². The van der Waals surface area contributed by atoms with Crippen molar-refractivity contribution in [1.82, 2.24) is 10.0 Å². The van der Waals surface area contributed by atoms with Gasteiger partial charge in [0.1, 0.15) is 10.7 Å². The third kappa shape index (κ3) is 4.17. The van der Waals surface area contributed by atoms with Crippen molar-refractivity contribution in [3.8, 4) is 0 Å². The largest absolute Gasteiger partial charge is 0.452 e. The molecule has 0 aliphatic carbocycles. The summed E-state index contributed by atoms with van der Waals surface area (Å²) >= 11 is 4.77. The molecule has 2 rings (SSSR count). The second kappa shape index (κ2) is 7.06. The minimum Gasteiger partial charge on any atom is -0.452 e. The van der Waals surface area contributed by atoms with E-state index in [0.717, 1.165) is 11.3 Å². The lowest BCUT2D eigenvalue weighted by atomic mass is 10.4. The summed E-state index contributed by atoms with van der Waals surface area (Å²) in [7, 11) is -1.83. The van der Waals surface area contributed by atoms with Crippen LogP contribution in [-0.4, -0.2) is 15.5 Å². The molecule has 2 N–H and O–H groups in total. The molecule has 0 radical (unpaired) electrons. The van der Waals surface area contributed by atoms with E-state index in [1.807, 2.05) is 12.1 Å². The first-order valence-electron chi connectivity index (χ1n) is 6.46. The van der Waals surface area contributed by atoms with Crippen LogP contribution in [0, 0.1) is 0 Å². The van der Waals surface area contributed by atoms with Crippen LogP contribution in [0.15, 0.2) is 32.2 Å². The summed E-state index contributed by atoms with van der Waals surface area (Å²) in [5.74, 6) is 0.564. The maximum absolute atomic E-state index is 12.3. The first-order chi connectivity index (χ1) is 9.96. The SMILES string of the molecule is CCc1ccc(CNS(=O)(=O)c2cc(CNC)oc2Br)s1. The van der Waals surface area contributed by atoms with E-state index in [9.17, 15) is 8.42 Å². The molecule has 0 atom stereocenters. The Labute approximate surface area is 136 Å². The molecule has 0 aliphatic rings. The number of nitrogens with one attached hydrogen (secondary N) is 2. The second-order valence-corrected chi connectivity index (χ2v) is 8.14. The maximum atomic E-state index is 12.3. The zero-order chi connectivity index (χ0) is 15.5. The van der Waals surface area contributed by atoms with Gasteiger partial charge in [0.05, 0.1) is 6.54 Å². The van der Waals surface area contributed by atoms with E-state index in [1.54, 1.807) is 18.4 Å². The van der Waals surface area contributed by atoms with Crippen LogP contribution in [0.4, 0.5) is 0 Å². The van der Waals surface area contributed by atoms with Gasteiger partial charge in [-0.1, -0.05) is 6.92 Å². The fourth-order valence-electron chi connectivity index (χ4n) is 1.79. The highest BCUT2D eigenvalue weighted by Crippen LogP contribution is 2.26. The van der Waals surface area contributed by atoms with Gasteiger partial charge in [0.2, 0.25) is 10.0 Å². The first-order valence-corrected chi connectivity index (χ1v) is 9.55. The molecule has 2 aromatic rings. The molecule has 0 saturated heterocycles. The predicted octanol–water partition coefficient (Wildman–Crippen LogP) is 2.86. The number of rotatable bonds is 7. The molecule has 116 valence electrons. The Kier molecular flexibility index (Phi) is 5.61. The molecule has 0 aromatic carbocycles. The van der Waals surface area contributed by atoms with Gasteiger partial charge in [-0.3, -0.25) is 0 Å². The zero-order valence-electron chi connectivity index (χ0n) is 11.8. The number of halogens is 1. The summed E-state index contributed by atoms with van der Waals surface area (Å²) in [4.78, 5) is 2.36. The minimum atomic E-state index is -3.60. The Morgan fingerprint density at radius 1 is 1.29 bits per heavy atom. The van der Waals surface area contributed by atoms with Crippen LogP contribution in [0.5, 0.6) is 0 Å². The molecule has 0 unspecified atom stereocenters. The second-order valence-electron chi connectivity index (χ2n) is 4.43. The lowest BCUT2D eigenvalue weighted by Crippen LogP contribution is -2.22. The third-order valence-electron chi connectivity index (χ3n) is 2.85. The lowest BCUT2D eigenvalue weighted by Gasteiger charge is -2.03. The van der Waals surface area contributed by atoms with Crippen LogP contribution in [0.2, 0.25) is 0 Å². The van der Waals surface area contributed by atoms with Gasteiger partial charge in [-0.2, -0.15) is 0 Å². The highest BCUT2D eigenvalue weighted by Gasteiger charge is 2.22. The van der Waals surface area contributed by atoms with Crippen LogP contribution in [0.25, 0.3) is 0 Å². The van der Waals surface area contributed by atoms with Crippen molar-refractivity contribution in [1.29, 1.82) is 0 Å². The van der Waals surface area contributed by atoms with Gasteiger partial charge >= 0.3 is 0 Å². The lowest BCUT2D eigenvalue weighted by molar-refractivity contribution is 0.470. The molecule has 0 saturated carbocycles. The van der Waals surface area contributed by atoms with Crippen molar-refractivity contribution in [2.75, 3.05) is 7.05 Å². The topological polar surface area (TPSA) is 71.3 Å². The fraction of sp³-hybridized carbons (Fsp3) is 0.385. The van der Waals surface area contributed by atoms with E-state index in [4.69, 9.17) is 4.42 Å². The van der Waals surface area contributed by atoms with E-state index in [0.29, 0.717) is 12.3 Å². The molecule has 0 spiro atoms. The Bertz CT molecular complexity index is 707. The monoisotopic (exact) mass is 392 g/mol. The molecule has 21 heavy (non-hydrogen) atoms. The van der Waals surface area contributed by atoms with E-state index < -0.39 is 10.0 Å². The highest BCUT2D eigenvalue weighted by atomic mass is 79.9. The van der Waals surface area contributed by atoms with Crippen molar-refractivity contribution in [3.05, 3.63) is 38.4 Å². The third-order valence-corrected chi connectivity index (χ3v) is 6.34. The Morgan fingerprint density at radius 2 is 2.00 bits per heavy atom. The summed E-state index contributed by atoms with van der Waals surface area (Å²) in [5.41, 5.74) is 0. The van der Waals surface area contributed by atoms with Crippen molar-refractivity contribution >= 4 is 37.3 Å². The number of furan rings is 1. The predicted molar refractivity (Wildman–Crippen MR) is 86.9 cm³/mol. The Hall–Kier alpha value is -0.670. The van der Waals surface area contributed by atoms with Crippen LogP contribution in [0.1, 0.15) is 22.4 Å². The van der Waals surface area contributed by atoms with Crippen LogP contribution >= 0.6 is 27.3 Å². The molecule has 2 aromatic heterocycles. The fourth-order valence-corrected chi connectivity index (χ4v) is 4.78. The van der Waals surface area contributed by atoms with Crippen molar-refractivity contribution in [2.45, 2.75) is 31.3 Å². The molecular formula is C13H17BrN2O3S2. The average molecular weight is 393 g/mol. The minimum absolute atomic E-state index is 0.125. The molecule has 0 bridgehead atoms. The summed E-state index contributed by atoms with van der Waals surface area (Å²) in [5, 5.41) is 2.91. The van der Waals surface area contributed by atoms with Crippen molar-refractivity contribution < 1.29 is 12.8 Å².